The number of hydrogen-bond acceptors (Lipinski definition) is 5. The Morgan fingerprint density at radius 1 is 1.14 bits per heavy atom. The molecule has 0 atom stereocenters. The molecule has 2 aromatic carbocycles. The van der Waals surface area contributed by atoms with Crippen LogP contribution in [-0.4, -0.2) is 40.1 Å². The van der Waals surface area contributed by atoms with Crippen molar-refractivity contribution in [3.05, 3.63) is 54.1 Å². The normalized spacial score (nSPS) is 13.0. The summed E-state index contributed by atoms with van der Waals surface area (Å²) in [5.41, 5.74) is 3.24. The molecule has 0 radical (unpaired) electrons. The van der Waals surface area contributed by atoms with Gasteiger partial charge in [0.15, 0.2) is 11.0 Å². The fourth-order valence-electron chi connectivity index (χ4n) is 3.58. The van der Waals surface area contributed by atoms with E-state index in [1.54, 1.807) is 7.11 Å². The van der Waals surface area contributed by atoms with Gasteiger partial charge in [-0.3, -0.25) is 9.36 Å². The number of aromatic nitrogens is 3. The zero-order chi connectivity index (χ0) is 20.4. The first kappa shape index (κ1) is 19.5. The van der Waals surface area contributed by atoms with Crippen molar-refractivity contribution in [2.75, 3.05) is 24.3 Å². The van der Waals surface area contributed by atoms with E-state index in [-0.39, 0.29) is 11.9 Å². The molecule has 1 aliphatic heterocycles. The van der Waals surface area contributed by atoms with Gasteiger partial charge in [-0.1, -0.05) is 30.0 Å². The number of nitrogens with zero attached hydrogens (tertiary/aromatic N) is 4. The summed E-state index contributed by atoms with van der Waals surface area (Å²) >= 11 is 1.44. The molecular formula is C22H24N4O2S. The van der Waals surface area contributed by atoms with E-state index in [1.165, 1.54) is 17.3 Å². The lowest BCUT2D eigenvalue weighted by atomic mass is 10.2. The summed E-state index contributed by atoms with van der Waals surface area (Å²) in [5.74, 6) is 2.03. The number of para-hydroxylation sites is 1. The first-order valence-electron chi connectivity index (χ1n) is 9.69. The summed E-state index contributed by atoms with van der Waals surface area (Å²) in [6.07, 6.45) is 0.913. The molecule has 0 saturated heterocycles. The summed E-state index contributed by atoms with van der Waals surface area (Å²) in [6.45, 7) is 4.94. The summed E-state index contributed by atoms with van der Waals surface area (Å²) in [5, 5.41) is 9.53. The number of carbonyl (C=O) groups is 1. The maximum atomic E-state index is 12.8. The molecule has 0 saturated carbocycles. The number of anilines is 1. The lowest BCUT2D eigenvalue weighted by Crippen LogP contribution is -2.30. The Labute approximate surface area is 174 Å². The van der Waals surface area contributed by atoms with Crippen molar-refractivity contribution in [2.45, 2.75) is 31.5 Å². The molecular weight excluding hydrogens is 384 g/mol. The Balaban J connectivity index is 1.52. The minimum absolute atomic E-state index is 0.101. The molecule has 0 aliphatic carbocycles. The second-order valence-corrected chi connectivity index (χ2v) is 8.15. The average molecular weight is 409 g/mol. The van der Waals surface area contributed by atoms with Gasteiger partial charge in [0.2, 0.25) is 5.91 Å². The van der Waals surface area contributed by atoms with Crippen LogP contribution in [0.4, 0.5) is 5.69 Å². The van der Waals surface area contributed by atoms with E-state index in [2.05, 4.69) is 34.7 Å². The first-order chi connectivity index (χ1) is 14.1. The van der Waals surface area contributed by atoms with Gasteiger partial charge < -0.3 is 9.64 Å². The van der Waals surface area contributed by atoms with Crippen LogP contribution in [-0.2, 0) is 11.2 Å². The second kappa shape index (κ2) is 8.29. The number of amides is 1. The molecule has 4 rings (SSSR count). The zero-order valence-corrected chi connectivity index (χ0v) is 17.6. The number of thioether (sulfide) groups is 1. The molecule has 0 spiro atoms. The lowest BCUT2D eigenvalue weighted by Gasteiger charge is -2.18. The van der Waals surface area contributed by atoms with E-state index in [0.29, 0.717) is 5.75 Å². The molecule has 2 heterocycles. The summed E-state index contributed by atoms with van der Waals surface area (Å²) in [4.78, 5) is 14.7. The Kier molecular flexibility index (Phi) is 5.58. The molecule has 0 N–H and O–H groups in total. The van der Waals surface area contributed by atoms with Crippen molar-refractivity contribution >= 4 is 23.4 Å². The second-order valence-electron chi connectivity index (χ2n) is 7.21. The van der Waals surface area contributed by atoms with Gasteiger partial charge in [0.1, 0.15) is 5.75 Å². The van der Waals surface area contributed by atoms with Gasteiger partial charge >= 0.3 is 0 Å². The molecule has 29 heavy (non-hydrogen) atoms. The van der Waals surface area contributed by atoms with E-state index in [0.717, 1.165) is 40.9 Å². The van der Waals surface area contributed by atoms with E-state index < -0.39 is 0 Å². The summed E-state index contributed by atoms with van der Waals surface area (Å²) in [7, 11) is 1.65. The Bertz CT molecular complexity index is 1010. The minimum Gasteiger partial charge on any atom is -0.497 e. The molecule has 6 nitrogen and oxygen atoms in total. The summed E-state index contributed by atoms with van der Waals surface area (Å²) in [6, 6.07) is 16.1. The molecule has 1 aliphatic rings. The standard InChI is InChI=1S/C22H24N4O2S/c1-15(2)26-21(17-8-10-18(28-3)11-9-17)23-24-22(26)29-14-20(27)25-13-12-16-6-4-5-7-19(16)25/h4-11,15H,12-14H2,1-3H3. The highest BCUT2D eigenvalue weighted by atomic mass is 32.2. The largest absolute Gasteiger partial charge is 0.497 e. The predicted octanol–water partition coefficient (Wildman–Crippen LogP) is 4.22. The third kappa shape index (κ3) is 3.87. The third-order valence-corrected chi connectivity index (χ3v) is 5.97. The van der Waals surface area contributed by atoms with Crippen LogP contribution in [0.2, 0.25) is 0 Å². The van der Waals surface area contributed by atoms with Gasteiger partial charge in [0.05, 0.1) is 12.9 Å². The number of carbonyl (C=O) groups excluding carboxylic acids is 1. The van der Waals surface area contributed by atoms with Gasteiger partial charge in [-0.15, -0.1) is 10.2 Å². The van der Waals surface area contributed by atoms with E-state index >= 15 is 0 Å². The predicted molar refractivity (Wildman–Crippen MR) is 116 cm³/mol. The fraction of sp³-hybridized carbons (Fsp3) is 0.318. The number of hydrogen-bond donors (Lipinski definition) is 0. The smallest absolute Gasteiger partial charge is 0.237 e. The molecule has 1 amide bonds. The van der Waals surface area contributed by atoms with Crippen molar-refractivity contribution in [3.63, 3.8) is 0 Å². The highest BCUT2D eigenvalue weighted by Gasteiger charge is 2.25. The van der Waals surface area contributed by atoms with Crippen LogP contribution in [0.15, 0.2) is 53.7 Å². The highest BCUT2D eigenvalue weighted by Crippen LogP contribution is 2.31. The van der Waals surface area contributed by atoms with Crippen LogP contribution < -0.4 is 9.64 Å². The molecule has 1 aromatic heterocycles. The van der Waals surface area contributed by atoms with Crippen LogP contribution in [0, 0.1) is 0 Å². The Morgan fingerprint density at radius 2 is 1.90 bits per heavy atom. The number of benzene rings is 2. The fourth-order valence-corrected chi connectivity index (χ4v) is 4.52. The van der Waals surface area contributed by atoms with Crippen LogP contribution >= 0.6 is 11.8 Å². The number of ether oxygens (including phenoxy) is 1. The van der Waals surface area contributed by atoms with E-state index in [4.69, 9.17) is 4.74 Å². The Hall–Kier alpha value is -2.80. The van der Waals surface area contributed by atoms with Crippen LogP contribution in [0.3, 0.4) is 0 Å². The molecule has 7 heteroatoms. The lowest BCUT2D eigenvalue weighted by molar-refractivity contribution is -0.116. The van der Waals surface area contributed by atoms with E-state index in [9.17, 15) is 4.79 Å². The van der Waals surface area contributed by atoms with Gasteiger partial charge in [-0.2, -0.15) is 0 Å². The topological polar surface area (TPSA) is 60.3 Å². The molecule has 0 fully saturated rings. The van der Waals surface area contributed by atoms with Crippen LogP contribution in [0.5, 0.6) is 5.75 Å². The SMILES string of the molecule is COc1ccc(-c2nnc(SCC(=O)N3CCc4ccccc43)n2C(C)C)cc1. The maximum absolute atomic E-state index is 12.8. The average Bonchev–Trinajstić information content (AvgIpc) is 3.36. The molecule has 0 bridgehead atoms. The highest BCUT2D eigenvalue weighted by molar-refractivity contribution is 7.99. The van der Waals surface area contributed by atoms with Crippen LogP contribution in [0.25, 0.3) is 11.4 Å². The van der Waals surface area contributed by atoms with E-state index in [1.807, 2.05) is 47.4 Å². The minimum atomic E-state index is 0.101. The quantitative estimate of drug-likeness (QED) is 0.572. The van der Waals surface area contributed by atoms with Crippen molar-refractivity contribution in [3.8, 4) is 17.1 Å². The van der Waals surface area contributed by atoms with Crippen molar-refractivity contribution in [1.29, 1.82) is 0 Å². The molecule has 150 valence electrons. The molecule has 0 unspecified atom stereocenters. The number of rotatable bonds is 6. The van der Waals surface area contributed by atoms with Gasteiger partial charge in [-0.25, -0.2) is 0 Å². The van der Waals surface area contributed by atoms with Crippen molar-refractivity contribution in [2.24, 2.45) is 0 Å². The van der Waals surface area contributed by atoms with Gasteiger partial charge in [-0.05, 0) is 56.2 Å². The van der Waals surface area contributed by atoms with Gasteiger partial charge in [0.25, 0.3) is 0 Å². The maximum Gasteiger partial charge on any atom is 0.237 e. The molecule has 3 aromatic rings. The van der Waals surface area contributed by atoms with Crippen molar-refractivity contribution < 1.29 is 9.53 Å². The number of fused-ring (bicyclic) bond motifs is 1. The van der Waals surface area contributed by atoms with Crippen LogP contribution in [0.1, 0.15) is 25.5 Å². The number of methoxy groups -OCH3 is 1. The Morgan fingerprint density at radius 3 is 2.62 bits per heavy atom. The monoisotopic (exact) mass is 408 g/mol. The third-order valence-electron chi connectivity index (χ3n) is 5.04. The summed E-state index contributed by atoms with van der Waals surface area (Å²) < 4.78 is 7.32. The van der Waals surface area contributed by atoms with Gasteiger partial charge in [0, 0.05) is 23.8 Å². The first-order valence-corrected chi connectivity index (χ1v) is 10.7. The zero-order valence-electron chi connectivity index (χ0n) is 16.8. The van der Waals surface area contributed by atoms with Crippen molar-refractivity contribution in [1.82, 2.24) is 14.8 Å².